The van der Waals surface area contributed by atoms with Gasteiger partial charge in [0.1, 0.15) is 0 Å². The van der Waals surface area contributed by atoms with E-state index in [1.54, 1.807) is 0 Å². The quantitative estimate of drug-likeness (QED) is 0.833. The van der Waals surface area contributed by atoms with E-state index in [0.29, 0.717) is 18.4 Å². The van der Waals surface area contributed by atoms with Crippen LogP contribution in [0.25, 0.3) is 0 Å². The fourth-order valence-corrected chi connectivity index (χ4v) is 4.19. The smallest absolute Gasteiger partial charge is 0.153 e. The molecule has 1 aliphatic heterocycles. The zero-order chi connectivity index (χ0) is 14.7. The van der Waals surface area contributed by atoms with Crippen molar-refractivity contribution in [3.8, 4) is 0 Å². The lowest BCUT2D eigenvalue weighted by Gasteiger charge is -2.44. The van der Waals surface area contributed by atoms with Gasteiger partial charge in [0, 0.05) is 12.0 Å². The summed E-state index contributed by atoms with van der Waals surface area (Å²) in [7, 11) is 0. The molecule has 0 amide bonds. The van der Waals surface area contributed by atoms with Crippen LogP contribution in [0.3, 0.4) is 0 Å². The molecule has 1 heterocycles. The first-order valence-corrected chi connectivity index (χ1v) is 8.57. The van der Waals surface area contributed by atoms with Crippen LogP contribution < -0.4 is 0 Å². The Morgan fingerprint density at radius 2 is 1.86 bits per heavy atom. The van der Waals surface area contributed by atoms with Crippen molar-refractivity contribution >= 4 is 5.78 Å². The zero-order valence-corrected chi connectivity index (χ0v) is 13.1. The minimum absolute atomic E-state index is 0.0233. The van der Waals surface area contributed by atoms with Gasteiger partial charge < -0.3 is 0 Å². The van der Waals surface area contributed by atoms with Gasteiger partial charge in [0.15, 0.2) is 5.78 Å². The Bertz CT molecular complexity index is 468. The maximum absolute atomic E-state index is 12.6. The molecule has 1 saturated heterocycles. The van der Waals surface area contributed by atoms with Crippen LogP contribution in [0, 0.1) is 5.92 Å². The number of Topliss-reactive ketones (excluding diaryl/α,β-unsaturated/α-hetero) is 1. The van der Waals surface area contributed by atoms with Crippen LogP contribution in [-0.2, 0) is 4.79 Å². The molecule has 21 heavy (non-hydrogen) atoms. The van der Waals surface area contributed by atoms with Gasteiger partial charge in [0.25, 0.3) is 0 Å². The second-order valence-electron chi connectivity index (χ2n) is 6.82. The van der Waals surface area contributed by atoms with Crippen LogP contribution in [0.5, 0.6) is 0 Å². The molecule has 2 heteroatoms. The van der Waals surface area contributed by atoms with E-state index in [1.807, 2.05) is 18.2 Å². The number of piperidine rings is 1. The van der Waals surface area contributed by atoms with Gasteiger partial charge in [0.2, 0.25) is 0 Å². The number of fused-ring (bicyclic) bond motifs is 1. The van der Waals surface area contributed by atoms with E-state index in [0.717, 1.165) is 18.0 Å². The number of benzene rings is 1. The molecule has 0 spiro atoms. The number of carbonyl (C=O) groups is 1. The summed E-state index contributed by atoms with van der Waals surface area (Å²) in [5, 5.41) is 0. The monoisotopic (exact) mass is 285 g/mol. The highest BCUT2D eigenvalue weighted by Crippen LogP contribution is 2.35. The largest absolute Gasteiger partial charge is 0.298 e. The predicted octanol–water partition coefficient (Wildman–Crippen LogP) is 4.01. The van der Waals surface area contributed by atoms with Gasteiger partial charge in [-0.2, -0.15) is 0 Å². The first-order valence-electron chi connectivity index (χ1n) is 8.57. The molecule has 3 unspecified atom stereocenters. The van der Waals surface area contributed by atoms with E-state index < -0.39 is 0 Å². The summed E-state index contributed by atoms with van der Waals surface area (Å²) in [5.74, 6) is 1.26. The molecular formula is C19H27NO. The first kappa shape index (κ1) is 14.8. The van der Waals surface area contributed by atoms with Crippen molar-refractivity contribution < 1.29 is 4.79 Å². The fraction of sp³-hybridized carbons (Fsp3) is 0.632. The maximum Gasteiger partial charge on any atom is 0.153 e. The van der Waals surface area contributed by atoms with E-state index in [9.17, 15) is 4.79 Å². The van der Waals surface area contributed by atoms with Crippen LogP contribution in [0.1, 0.15) is 56.9 Å². The molecule has 0 N–H and O–H groups in total. The van der Waals surface area contributed by atoms with Gasteiger partial charge in [-0.15, -0.1) is 0 Å². The summed E-state index contributed by atoms with van der Waals surface area (Å²) in [6.07, 6.45) is 8.07. The van der Waals surface area contributed by atoms with E-state index in [2.05, 4.69) is 24.0 Å². The van der Waals surface area contributed by atoms with E-state index >= 15 is 0 Å². The van der Waals surface area contributed by atoms with Crippen LogP contribution in [0.2, 0.25) is 0 Å². The van der Waals surface area contributed by atoms with Crippen LogP contribution >= 0.6 is 0 Å². The van der Waals surface area contributed by atoms with Crippen molar-refractivity contribution in [3.63, 3.8) is 0 Å². The normalized spacial score (nSPS) is 27.9. The number of ketones is 1. The Kier molecular flexibility index (Phi) is 4.74. The summed E-state index contributed by atoms with van der Waals surface area (Å²) >= 11 is 0. The summed E-state index contributed by atoms with van der Waals surface area (Å²) in [5.41, 5.74) is 1.15. The molecule has 114 valence electrons. The van der Waals surface area contributed by atoms with Crippen LogP contribution in [0.4, 0.5) is 0 Å². The third kappa shape index (κ3) is 3.37. The molecule has 0 radical (unpaired) electrons. The van der Waals surface area contributed by atoms with Crippen LogP contribution in [-0.4, -0.2) is 29.8 Å². The van der Waals surface area contributed by atoms with E-state index in [4.69, 9.17) is 0 Å². The van der Waals surface area contributed by atoms with Crippen molar-refractivity contribution in [1.29, 1.82) is 0 Å². The third-order valence-electron chi connectivity index (χ3n) is 5.50. The highest BCUT2D eigenvalue weighted by Gasteiger charge is 2.34. The topological polar surface area (TPSA) is 20.3 Å². The molecule has 3 rings (SSSR count). The molecule has 2 nitrogen and oxygen atoms in total. The summed E-state index contributed by atoms with van der Waals surface area (Å²) in [6, 6.07) is 10.9. The van der Waals surface area contributed by atoms with E-state index in [1.165, 1.54) is 38.5 Å². The molecule has 1 aliphatic carbocycles. The lowest BCUT2D eigenvalue weighted by molar-refractivity contribution is -0.123. The number of rotatable bonds is 4. The molecule has 1 aromatic carbocycles. The maximum atomic E-state index is 12.6. The Morgan fingerprint density at radius 3 is 2.67 bits per heavy atom. The highest BCUT2D eigenvalue weighted by atomic mass is 16.1. The average molecular weight is 285 g/mol. The Morgan fingerprint density at radius 1 is 1.14 bits per heavy atom. The minimum atomic E-state index is 0.0233. The highest BCUT2D eigenvalue weighted by molar-refractivity contribution is 5.87. The Hall–Kier alpha value is -1.15. The Balaban J connectivity index is 1.63. The predicted molar refractivity (Wildman–Crippen MR) is 86.4 cm³/mol. The SMILES string of the molecule is CC(C(=O)CN1CCCC2CCCCC21)c1ccccc1. The zero-order valence-electron chi connectivity index (χ0n) is 13.1. The molecule has 2 fully saturated rings. The third-order valence-corrected chi connectivity index (χ3v) is 5.50. The second-order valence-corrected chi connectivity index (χ2v) is 6.82. The molecular weight excluding hydrogens is 258 g/mol. The molecule has 3 atom stereocenters. The molecule has 0 aromatic heterocycles. The average Bonchev–Trinajstić information content (AvgIpc) is 2.55. The van der Waals surface area contributed by atoms with Crippen LogP contribution in [0.15, 0.2) is 30.3 Å². The van der Waals surface area contributed by atoms with Gasteiger partial charge in [-0.25, -0.2) is 0 Å². The van der Waals surface area contributed by atoms with Gasteiger partial charge in [-0.1, -0.05) is 50.1 Å². The second kappa shape index (κ2) is 6.74. The van der Waals surface area contributed by atoms with Crippen molar-refractivity contribution in [2.24, 2.45) is 5.92 Å². The summed E-state index contributed by atoms with van der Waals surface area (Å²) in [6.45, 7) is 3.83. The lowest BCUT2D eigenvalue weighted by atomic mass is 9.78. The van der Waals surface area contributed by atoms with Gasteiger partial charge in [-0.05, 0) is 43.7 Å². The van der Waals surface area contributed by atoms with Crippen molar-refractivity contribution in [2.75, 3.05) is 13.1 Å². The molecule has 2 aliphatic rings. The number of carbonyl (C=O) groups excluding carboxylic acids is 1. The van der Waals surface area contributed by atoms with Crippen molar-refractivity contribution in [1.82, 2.24) is 4.90 Å². The van der Waals surface area contributed by atoms with Gasteiger partial charge >= 0.3 is 0 Å². The summed E-state index contributed by atoms with van der Waals surface area (Å²) in [4.78, 5) is 15.1. The molecule has 1 saturated carbocycles. The first-order chi connectivity index (χ1) is 10.3. The molecule has 0 bridgehead atoms. The number of likely N-dealkylation sites (tertiary alicyclic amines) is 1. The Labute approximate surface area is 128 Å². The number of nitrogens with zero attached hydrogens (tertiary/aromatic N) is 1. The number of hydrogen-bond acceptors (Lipinski definition) is 2. The van der Waals surface area contributed by atoms with Gasteiger partial charge in [0.05, 0.1) is 6.54 Å². The van der Waals surface area contributed by atoms with Crippen molar-refractivity contribution in [3.05, 3.63) is 35.9 Å². The number of hydrogen-bond donors (Lipinski definition) is 0. The fourth-order valence-electron chi connectivity index (χ4n) is 4.19. The van der Waals surface area contributed by atoms with Gasteiger partial charge in [-0.3, -0.25) is 9.69 Å². The van der Waals surface area contributed by atoms with Crippen molar-refractivity contribution in [2.45, 2.75) is 57.4 Å². The van der Waals surface area contributed by atoms with E-state index in [-0.39, 0.29) is 5.92 Å². The minimum Gasteiger partial charge on any atom is -0.298 e. The summed E-state index contributed by atoms with van der Waals surface area (Å²) < 4.78 is 0. The lowest BCUT2D eigenvalue weighted by Crippen LogP contribution is -2.49. The molecule has 1 aromatic rings. The standard InChI is InChI=1S/C19H27NO/c1-15(16-8-3-2-4-9-16)19(21)14-20-13-7-11-17-10-5-6-12-18(17)20/h2-4,8-9,15,17-18H,5-7,10-14H2,1H3.